The lowest BCUT2D eigenvalue weighted by atomic mass is 10.2. The SMILES string of the molecule is Cc1nn(C)c(C)c1CNCc1ccc(OCCOc2ccccc2)nc1. The molecule has 3 aromatic rings. The number of ether oxygens (including phenoxy) is 2. The van der Waals surface area contributed by atoms with Crippen molar-refractivity contribution < 1.29 is 9.47 Å². The van der Waals surface area contributed by atoms with E-state index in [9.17, 15) is 0 Å². The van der Waals surface area contributed by atoms with Gasteiger partial charge in [0.2, 0.25) is 5.88 Å². The van der Waals surface area contributed by atoms with Crippen molar-refractivity contribution in [3.05, 3.63) is 71.2 Å². The summed E-state index contributed by atoms with van der Waals surface area (Å²) in [6.45, 7) is 6.61. The molecule has 3 rings (SSSR count). The summed E-state index contributed by atoms with van der Waals surface area (Å²) >= 11 is 0. The van der Waals surface area contributed by atoms with Gasteiger partial charge in [0.05, 0.1) is 5.69 Å². The molecule has 0 saturated heterocycles. The van der Waals surface area contributed by atoms with E-state index in [0.717, 1.165) is 30.1 Å². The molecule has 0 aliphatic carbocycles. The van der Waals surface area contributed by atoms with Gasteiger partial charge in [-0.1, -0.05) is 24.3 Å². The summed E-state index contributed by atoms with van der Waals surface area (Å²) in [6, 6.07) is 13.6. The number of nitrogens with zero attached hydrogens (tertiary/aromatic N) is 3. The summed E-state index contributed by atoms with van der Waals surface area (Å²) in [7, 11) is 1.97. The summed E-state index contributed by atoms with van der Waals surface area (Å²) in [4.78, 5) is 4.35. The van der Waals surface area contributed by atoms with Crippen molar-refractivity contribution >= 4 is 0 Å². The maximum atomic E-state index is 5.62. The molecule has 2 heterocycles. The Hall–Kier alpha value is -2.86. The summed E-state index contributed by atoms with van der Waals surface area (Å²) in [6.07, 6.45) is 1.84. The molecule has 0 unspecified atom stereocenters. The van der Waals surface area contributed by atoms with E-state index in [1.165, 1.54) is 11.3 Å². The number of hydrogen-bond acceptors (Lipinski definition) is 5. The summed E-state index contributed by atoms with van der Waals surface area (Å²) in [5.41, 5.74) is 4.63. The van der Waals surface area contributed by atoms with Crippen molar-refractivity contribution in [1.29, 1.82) is 0 Å². The van der Waals surface area contributed by atoms with E-state index in [-0.39, 0.29) is 0 Å². The Balaban J connectivity index is 1.39. The standard InChI is InChI=1S/C21H26N4O2/c1-16-20(17(2)25(3)24-16)15-22-13-18-9-10-21(23-14-18)27-12-11-26-19-7-5-4-6-8-19/h4-10,14,22H,11-13,15H2,1-3H3. The van der Waals surface area contributed by atoms with E-state index in [1.807, 2.05) is 67.3 Å². The monoisotopic (exact) mass is 366 g/mol. The molecular formula is C21H26N4O2. The maximum Gasteiger partial charge on any atom is 0.213 e. The van der Waals surface area contributed by atoms with Crippen LogP contribution in [0.15, 0.2) is 48.7 Å². The van der Waals surface area contributed by atoms with Gasteiger partial charge in [0.1, 0.15) is 19.0 Å². The van der Waals surface area contributed by atoms with Crippen LogP contribution in [0.5, 0.6) is 11.6 Å². The van der Waals surface area contributed by atoms with Crippen molar-refractivity contribution in [2.45, 2.75) is 26.9 Å². The number of hydrogen-bond donors (Lipinski definition) is 1. The van der Waals surface area contributed by atoms with E-state index >= 15 is 0 Å². The topological polar surface area (TPSA) is 61.2 Å². The molecule has 142 valence electrons. The third-order valence-electron chi connectivity index (χ3n) is 4.43. The van der Waals surface area contributed by atoms with E-state index in [2.05, 4.69) is 22.3 Å². The van der Waals surface area contributed by atoms with Gasteiger partial charge in [-0.15, -0.1) is 0 Å². The van der Waals surface area contributed by atoms with Crippen molar-refractivity contribution in [2.24, 2.45) is 7.05 Å². The second kappa shape index (κ2) is 9.19. The molecule has 0 radical (unpaired) electrons. The molecule has 0 saturated carbocycles. The zero-order chi connectivity index (χ0) is 19.1. The summed E-state index contributed by atoms with van der Waals surface area (Å²) in [5, 5.41) is 7.89. The molecular weight excluding hydrogens is 340 g/mol. The normalized spacial score (nSPS) is 10.8. The maximum absolute atomic E-state index is 5.62. The highest BCUT2D eigenvalue weighted by molar-refractivity contribution is 5.24. The first-order valence-electron chi connectivity index (χ1n) is 9.09. The summed E-state index contributed by atoms with van der Waals surface area (Å²) in [5.74, 6) is 1.45. The fraction of sp³-hybridized carbons (Fsp3) is 0.333. The second-order valence-electron chi connectivity index (χ2n) is 6.39. The smallest absolute Gasteiger partial charge is 0.213 e. The molecule has 6 heteroatoms. The predicted octanol–water partition coefficient (Wildman–Crippen LogP) is 3.18. The highest BCUT2D eigenvalue weighted by atomic mass is 16.5. The Kier molecular flexibility index (Phi) is 6.44. The number of rotatable bonds is 9. The Labute approximate surface area is 160 Å². The van der Waals surface area contributed by atoms with Crippen molar-refractivity contribution in [1.82, 2.24) is 20.1 Å². The highest BCUT2D eigenvalue weighted by Gasteiger charge is 2.08. The van der Waals surface area contributed by atoms with Crippen molar-refractivity contribution in [2.75, 3.05) is 13.2 Å². The molecule has 0 amide bonds. The zero-order valence-corrected chi connectivity index (χ0v) is 16.1. The fourth-order valence-corrected chi connectivity index (χ4v) is 2.83. The highest BCUT2D eigenvalue weighted by Crippen LogP contribution is 2.12. The van der Waals surface area contributed by atoms with Gasteiger partial charge in [0, 0.05) is 43.7 Å². The largest absolute Gasteiger partial charge is 0.490 e. The Morgan fingerprint density at radius 3 is 2.41 bits per heavy atom. The van der Waals surface area contributed by atoms with E-state index in [4.69, 9.17) is 9.47 Å². The van der Waals surface area contributed by atoms with E-state index < -0.39 is 0 Å². The van der Waals surface area contributed by atoms with Gasteiger partial charge in [-0.2, -0.15) is 5.10 Å². The average Bonchev–Trinajstić information content (AvgIpc) is 2.93. The Bertz CT molecular complexity index is 845. The Morgan fingerprint density at radius 1 is 0.963 bits per heavy atom. The first kappa shape index (κ1) is 18.9. The van der Waals surface area contributed by atoms with Crippen LogP contribution in [0.2, 0.25) is 0 Å². The molecule has 2 aromatic heterocycles. The molecule has 0 aliphatic heterocycles. The lowest BCUT2D eigenvalue weighted by molar-refractivity contribution is 0.212. The van der Waals surface area contributed by atoms with Crippen LogP contribution in [0.25, 0.3) is 0 Å². The molecule has 1 aromatic carbocycles. The molecule has 1 N–H and O–H groups in total. The third-order valence-corrected chi connectivity index (χ3v) is 4.43. The van der Waals surface area contributed by atoms with Crippen LogP contribution >= 0.6 is 0 Å². The van der Waals surface area contributed by atoms with Crippen LogP contribution < -0.4 is 14.8 Å². The predicted molar refractivity (Wildman–Crippen MR) is 105 cm³/mol. The van der Waals surface area contributed by atoms with Gasteiger partial charge >= 0.3 is 0 Å². The number of aromatic nitrogens is 3. The zero-order valence-electron chi connectivity index (χ0n) is 16.1. The van der Waals surface area contributed by atoms with Crippen LogP contribution in [0, 0.1) is 13.8 Å². The first-order chi connectivity index (χ1) is 13.1. The minimum atomic E-state index is 0.457. The third kappa shape index (κ3) is 5.31. The number of nitrogens with one attached hydrogen (secondary N) is 1. The lowest BCUT2D eigenvalue weighted by Gasteiger charge is -2.09. The number of pyridine rings is 1. The van der Waals surface area contributed by atoms with Gasteiger partial charge in [0.25, 0.3) is 0 Å². The first-order valence-corrected chi connectivity index (χ1v) is 9.09. The van der Waals surface area contributed by atoms with Crippen LogP contribution in [0.1, 0.15) is 22.5 Å². The van der Waals surface area contributed by atoms with Gasteiger partial charge < -0.3 is 14.8 Å². The average molecular weight is 366 g/mol. The fourth-order valence-electron chi connectivity index (χ4n) is 2.83. The van der Waals surface area contributed by atoms with Gasteiger partial charge in [0.15, 0.2) is 0 Å². The lowest BCUT2D eigenvalue weighted by Crippen LogP contribution is -2.14. The quantitative estimate of drug-likeness (QED) is 0.590. The number of benzene rings is 1. The molecule has 6 nitrogen and oxygen atoms in total. The van der Waals surface area contributed by atoms with Gasteiger partial charge in [-0.05, 0) is 31.5 Å². The summed E-state index contributed by atoms with van der Waals surface area (Å²) < 4.78 is 13.1. The number of aryl methyl sites for hydroxylation is 2. The van der Waals surface area contributed by atoms with Gasteiger partial charge in [-0.3, -0.25) is 4.68 Å². The van der Waals surface area contributed by atoms with E-state index in [0.29, 0.717) is 19.1 Å². The molecule has 0 fully saturated rings. The molecule has 0 atom stereocenters. The van der Waals surface area contributed by atoms with Crippen LogP contribution in [0.4, 0.5) is 0 Å². The molecule has 0 spiro atoms. The van der Waals surface area contributed by atoms with Crippen molar-refractivity contribution in [3.8, 4) is 11.6 Å². The minimum Gasteiger partial charge on any atom is -0.490 e. The molecule has 27 heavy (non-hydrogen) atoms. The molecule has 0 aliphatic rings. The van der Waals surface area contributed by atoms with Gasteiger partial charge in [-0.25, -0.2) is 4.98 Å². The van der Waals surface area contributed by atoms with Crippen molar-refractivity contribution in [3.63, 3.8) is 0 Å². The van der Waals surface area contributed by atoms with E-state index in [1.54, 1.807) is 0 Å². The molecule has 0 bridgehead atoms. The van der Waals surface area contributed by atoms with Crippen LogP contribution in [-0.4, -0.2) is 28.0 Å². The minimum absolute atomic E-state index is 0.457. The van der Waals surface area contributed by atoms with Crippen LogP contribution in [0.3, 0.4) is 0 Å². The van der Waals surface area contributed by atoms with Crippen LogP contribution in [-0.2, 0) is 20.1 Å². The second-order valence-corrected chi connectivity index (χ2v) is 6.39. The Morgan fingerprint density at radius 2 is 1.74 bits per heavy atom. The number of para-hydroxylation sites is 1.